The zero-order chi connectivity index (χ0) is 16.4. The van der Waals surface area contributed by atoms with E-state index in [0.717, 1.165) is 19.3 Å². The van der Waals surface area contributed by atoms with Gasteiger partial charge in [0.2, 0.25) is 10.0 Å². The van der Waals surface area contributed by atoms with Crippen molar-refractivity contribution < 1.29 is 17.7 Å². The lowest BCUT2D eigenvalue weighted by atomic mass is 9.87. The van der Waals surface area contributed by atoms with Crippen molar-refractivity contribution in [1.29, 1.82) is 0 Å². The number of sulfonamides is 1. The second-order valence-electron chi connectivity index (χ2n) is 5.71. The van der Waals surface area contributed by atoms with Crippen molar-refractivity contribution in [2.75, 3.05) is 5.75 Å². The van der Waals surface area contributed by atoms with Gasteiger partial charge in [0.05, 0.1) is 5.75 Å². The molecule has 122 valence electrons. The van der Waals surface area contributed by atoms with E-state index in [4.69, 9.17) is 4.52 Å². The highest BCUT2D eigenvalue weighted by Gasteiger charge is 2.29. The summed E-state index contributed by atoms with van der Waals surface area (Å²) in [4.78, 5) is 16.3. The van der Waals surface area contributed by atoms with Crippen LogP contribution in [0.1, 0.15) is 35.4 Å². The molecule has 2 aromatic rings. The van der Waals surface area contributed by atoms with Crippen LogP contribution in [0.5, 0.6) is 0 Å². The van der Waals surface area contributed by atoms with Crippen LogP contribution in [0.2, 0.25) is 0 Å². The number of carbonyl (C=O) groups excluding carboxylic acids is 1. The van der Waals surface area contributed by atoms with E-state index in [2.05, 4.69) is 14.9 Å². The predicted octanol–water partition coefficient (Wildman–Crippen LogP) is 1.90. The number of hydrogen-bond acceptors (Lipinski definition) is 6. The third kappa shape index (κ3) is 3.42. The minimum absolute atomic E-state index is 0.0202. The molecule has 0 saturated heterocycles. The molecule has 0 atom stereocenters. The van der Waals surface area contributed by atoms with Crippen LogP contribution in [0.3, 0.4) is 0 Å². The summed E-state index contributed by atoms with van der Waals surface area (Å²) >= 11 is 0. The maximum absolute atomic E-state index is 12.4. The summed E-state index contributed by atoms with van der Waals surface area (Å²) in [5.41, 5.74) is 1.08. The molecule has 0 radical (unpaired) electrons. The fraction of sp³-hybridized carbons (Fsp3) is 0.400. The maximum atomic E-state index is 12.4. The Hall–Kier alpha value is -2.22. The lowest BCUT2D eigenvalue weighted by Gasteiger charge is -2.24. The smallest absolute Gasteiger partial charge is 0.270 e. The number of aromatic nitrogens is 2. The van der Waals surface area contributed by atoms with Crippen molar-refractivity contribution in [3.05, 3.63) is 35.9 Å². The molecule has 0 bridgehead atoms. The first-order valence-corrected chi connectivity index (χ1v) is 9.03. The number of rotatable bonds is 5. The van der Waals surface area contributed by atoms with Gasteiger partial charge in [0.25, 0.3) is 5.91 Å². The Morgan fingerprint density at radius 3 is 2.65 bits per heavy atom. The lowest BCUT2D eigenvalue weighted by molar-refractivity contribution is 0.0980. The van der Waals surface area contributed by atoms with E-state index in [1.807, 2.05) is 0 Å². The summed E-state index contributed by atoms with van der Waals surface area (Å²) in [7, 11) is -3.66. The van der Waals surface area contributed by atoms with Crippen LogP contribution in [-0.4, -0.2) is 30.2 Å². The monoisotopic (exact) mass is 335 g/mol. The van der Waals surface area contributed by atoms with E-state index in [1.54, 1.807) is 31.5 Å². The maximum Gasteiger partial charge on any atom is 0.270 e. The highest BCUT2D eigenvalue weighted by Crippen LogP contribution is 2.28. The van der Waals surface area contributed by atoms with E-state index in [1.165, 1.54) is 0 Å². The molecule has 0 aromatic carbocycles. The molecule has 2 aromatic heterocycles. The molecule has 3 rings (SSSR count). The first kappa shape index (κ1) is 15.7. The normalized spacial score (nSPS) is 15.2. The molecule has 8 heteroatoms. The van der Waals surface area contributed by atoms with Gasteiger partial charge >= 0.3 is 0 Å². The molecule has 0 unspecified atom stereocenters. The summed E-state index contributed by atoms with van der Waals surface area (Å²) in [5.74, 6) is -0.320. The minimum atomic E-state index is -3.66. The SMILES string of the molecule is Cc1onc(-c2ccncc2)c1C(=O)NS(=O)(=O)CC1CCC1. The molecule has 0 spiro atoms. The number of pyridine rings is 1. The van der Waals surface area contributed by atoms with Gasteiger partial charge in [-0.2, -0.15) is 0 Å². The van der Waals surface area contributed by atoms with E-state index in [-0.39, 0.29) is 23.0 Å². The Bertz CT molecular complexity index is 811. The summed E-state index contributed by atoms with van der Waals surface area (Å²) in [5, 5.41) is 3.87. The van der Waals surface area contributed by atoms with Gasteiger partial charge in [-0.15, -0.1) is 0 Å². The molecule has 1 fully saturated rings. The predicted molar refractivity (Wildman–Crippen MR) is 83.1 cm³/mol. The first-order chi connectivity index (χ1) is 11.0. The Morgan fingerprint density at radius 2 is 2.04 bits per heavy atom. The fourth-order valence-electron chi connectivity index (χ4n) is 2.55. The zero-order valence-corrected chi connectivity index (χ0v) is 13.5. The second-order valence-corrected chi connectivity index (χ2v) is 7.47. The van der Waals surface area contributed by atoms with Gasteiger partial charge in [-0.25, -0.2) is 13.1 Å². The van der Waals surface area contributed by atoms with Crippen LogP contribution < -0.4 is 4.72 Å². The molecule has 1 aliphatic rings. The molecule has 1 saturated carbocycles. The van der Waals surface area contributed by atoms with Gasteiger partial charge in [-0.3, -0.25) is 9.78 Å². The van der Waals surface area contributed by atoms with E-state index in [0.29, 0.717) is 11.3 Å². The van der Waals surface area contributed by atoms with Crippen LogP contribution >= 0.6 is 0 Å². The average molecular weight is 335 g/mol. The summed E-state index contributed by atoms with van der Waals surface area (Å²) in [6.07, 6.45) is 5.96. The van der Waals surface area contributed by atoms with Crippen molar-refractivity contribution in [3.8, 4) is 11.3 Å². The number of nitrogens with zero attached hydrogens (tertiary/aromatic N) is 2. The number of hydrogen-bond donors (Lipinski definition) is 1. The number of amides is 1. The molecule has 1 amide bonds. The van der Waals surface area contributed by atoms with Gasteiger partial charge in [0, 0.05) is 18.0 Å². The largest absolute Gasteiger partial charge is 0.360 e. The van der Waals surface area contributed by atoms with Crippen molar-refractivity contribution in [3.63, 3.8) is 0 Å². The number of nitrogens with one attached hydrogen (secondary N) is 1. The number of aryl methyl sites for hydroxylation is 1. The third-order valence-corrected chi connectivity index (χ3v) is 5.38. The van der Waals surface area contributed by atoms with Crippen molar-refractivity contribution >= 4 is 15.9 Å². The summed E-state index contributed by atoms with van der Waals surface area (Å²) in [6.45, 7) is 1.57. The molecular formula is C15H17N3O4S. The topological polar surface area (TPSA) is 102 Å². The third-order valence-electron chi connectivity index (χ3n) is 3.97. The Balaban J connectivity index is 1.84. The van der Waals surface area contributed by atoms with Crippen molar-refractivity contribution in [2.45, 2.75) is 26.2 Å². The van der Waals surface area contributed by atoms with Crippen LogP contribution in [-0.2, 0) is 10.0 Å². The Labute approximate surface area is 134 Å². The van der Waals surface area contributed by atoms with Gasteiger partial charge in [-0.05, 0) is 37.8 Å². The van der Waals surface area contributed by atoms with Gasteiger partial charge in [0.1, 0.15) is 17.0 Å². The molecule has 2 heterocycles. The van der Waals surface area contributed by atoms with E-state index >= 15 is 0 Å². The second kappa shape index (κ2) is 6.11. The average Bonchev–Trinajstić information content (AvgIpc) is 2.85. The minimum Gasteiger partial charge on any atom is -0.360 e. The summed E-state index contributed by atoms with van der Waals surface area (Å²) in [6, 6.07) is 3.36. The van der Waals surface area contributed by atoms with Crippen LogP contribution in [0.25, 0.3) is 11.3 Å². The first-order valence-electron chi connectivity index (χ1n) is 7.38. The quantitative estimate of drug-likeness (QED) is 0.895. The van der Waals surface area contributed by atoms with Crippen LogP contribution in [0, 0.1) is 12.8 Å². The van der Waals surface area contributed by atoms with Gasteiger partial charge < -0.3 is 4.52 Å². The Kier molecular flexibility index (Phi) is 4.16. The van der Waals surface area contributed by atoms with Gasteiger partial charge in [-0.1, -0.05) is 11.6 Å². The molecule has 1 aliphatic carbocycles. The van der Waals surface area contributed by atoms with E-state index in [9.17, 15) is 13.2 Å². The molecule has 7 nitrogen and oxygen atoms in total. The molecule has 23 heavy (non-hydrogen) atoms. The van der Waals surface area contributed by atoms with Gasteiger partial charge in [0.15, 0.2) is 0 Å². The van der Waals surface area contributed by atoms with Crippen molar-refractivity contribution in [2.24, 2.45) is 5.92 Å². The van der Waals surface area contributed by atoms with E-state index < -0.39 is 15.9 Å². The van der Waals surface area contributed by atoms with Crippen LogP contribution in [0.4, 0.5) is 0 Å². The standard InChI is InChI=1S/C15H17N3O4S/c1-10-13(14(17-22-10)12-5-7-16-8-6-12)15(19)18-23(20,21)9-11-3-2-4-11/h5-8,11H,2-4,9H2,1H3,(H,18,19). The fourth-order valence-corrected chi connectivity index (χ4v) is 3.97. The van der Waals surface area contributed by atoms with Crippen molar-refractivity contribution in [1.82, 2.24) is 14.9 Å². The van der Waals surface area contributed by atoms with Crippen LogP contribution in [0.15, 0.2) is 29.0 Å². The molecular weight excluding hydrogens is 318 g/mol. The summed E-state index contributed by atoms with van der Waals surface area (Å²) < 4.78 is 31.4. The zero-order valence-electron chi connectivity index (χ0n) is 12.7. The number of carbonyl (C=O) groups is 1. The Morgan fingerprint density at radius 1 is 1.35 bits per heavy atom. The molecule has 0 aliphatic heterocycles. The highest BCUT2D eigenvalue weighted by atomic mass is 32.2. The molecule has 1 N–H and O–H groups in total. The lowest BCUT2D eigenvalue weighted by Crippen LogP contribution is -2.36. The highest BCUT2D eigenvalue weighted by molar-refractivity contribution is 7.90.